The number of rotatable bonds is 5. The molecule has 138 valence electrons. The van der Waals surface area contributed by atoms with Gasteiger partial charge in [0.1, 0.15) is 22.6 Å². The van der Waals surface area contributed by atoms with E-state index in [-0.39, 0.29) is 16.9 Å². The van der Waals surface area contributed by atoms with Crippen LogP contribution >= 0.6 is 0 Å². The van der Waals surface area contributed by atoms with Crippen molar-refractivity contribution in [3.63, 3.8) is 0 Å². The Morgan fingerprint density at radius 1 is 1.07 bits per heavy atom. The highest BCUT2D eigenvalue weighted by molar-refractivity contribution is 5.97. The first-order chi connectivity index (χ1) is 13.0. The van der Waals surface area contributed by atoms with E-state index in [0.29, 0.717) is 23.2 Å². The molecule has 27 heavy (non-hydrogen) atoms. The first-order valence-electron chi connectivity index (χ1n) is 8.24. The first-order valence-corrected chi connectivity index (χ1v) is 8.24. The molecule has 0 saturated carbocycles. The Bertz CT molecular complexity index is 1070. The lowest BCUT2D eigenvalue weighted by Crippen LogP contribution is -2.27. The SMILES string of the molecule is CCNC(=O)c1cc2ccc(OC(=O)c3cccc(OC)c3)cc2oc1=O. The number of benzene rings is 2. The fraction of sp³-hybridized carbons (Fsp3) is 0.150. The predicted octanol–water partition coefficient (Wildman–Crippen LogP) is 2.77. The topological polar surface area (TPSA) is 94.8 Å². The van der Waals surface area contributed by atoms with Gasteiger partial charge in [0, 0.05) is 18.0 Å². The average molecular weight is 367 g/mol. The lowest BCUT2D eigenvalue weighted by atomic mass is 10.1. The van der Waals surface area contributed by atoms with E-state index in [1.807, 2.05) is 0 Å². The highest BCUT2D eigenvalue weighted by Gasteiger charge is 2.14. The summed E-state index contributed by atoms with van der Waals surface area (Å²) in [5.74, 6) is -0.327. The van der Waals surface area contributed by atoms with Gasteiger partial charge in [0.05, 0.1) is 12.7 Å². The molecule has 0 radical (unpaired) electrons. The van der Waals surface area contributed by atoms with Gasteiger partial charge in [-0.3, -0.25) is 4.79 Å². The molecule has 0 aliphatic carbocycles. The summed E-state index contributed by atoms with van der Waals surface area (Å²) in [6.07, 6.45) is 0. The normalized spacial score (nSPS) is 10.4. The van der Waals surface area contributed by atoms with Crippen molar-refractivity contribution in [2.24, 2.45) is 0 Å². The lowest BCUT2D eigenvalue weighted by molar-refractivity contribution is 0.0734. The number of hydrogen-bond acceptors (Lipinski definition) is 6. The number of nitrogens with one attached hydrogen (secondary N) is 1. The van der Waals surface area contributed by atoms with E-state index in [1.54, 1.807) is 43.3 Å². The summed E-state index contributed by atoms with van der Waals surface area (Å²) in [5.41, 5.74) is -0.304. The smallest absolute Gasteiger partial charge is 0.349 e. The van der Waals surface area contributed by atoms with E-state index in [1.165, 1.54) is 19.2 Å². The second-order valence-corrected chi connectivity index (χ2v) is 5.63. The summed E-state index contributed by atoms with van der Waals surface area (Å²) in [4.78, 5) is 36.2. The summed E-state index contributed by atoms with van der Waals surface area (Å²) in [6.45, 7) is 2.15. The molecular formula is C20H17NO6. The molecule has 0 bridgehead atoms. The minimum atomic E-state index is -0.760. The third kappa shape index (κ3) is 3.98. The summed E-state index contributed by atoms with van der Waals surface area (Å²) in [6, 6.07) is 12.6. The van der Waals surface area contributed by atoms with Crippen LogP contribution in [0, 0.1) is 0 Å². The number of carbonyl (C=O) groups is 2. The van der Waals surface area contributed by atoms with Crippen molar-refractivity contribution in [2.45, 2.75) is 6.92 Å². The zero-order valence-electron chi connectivity index (χ0n) is 14.8. The van der Waals surface area contributed by atoms with E-state index in [2.05, 4.69) is 5.32 Å². The van der Waals surface area contributed by atoms with Gasteiger partial charge < -0.3 is 19.2 Å². The summed E-state index contributed by atoms with van der Waals surface area (Å²) < 4.78 is 15.6. The van der Waals surface area contributed by atoms with Crippen molar-refractivity contribution in [2.75, 3.05) is 13.7 Å². The molecule has 0 atom stereocenters. The molecular weight excluding hydrogens is 350 g/mol. The minimum absolute atomic E-state index is 0.0783. The quantitative estimate of drug-likeness (QED) is 0.423. The fourth-order valence-electron chi connectivity index (χ4n) is 2.49. The zero-order chi connectivity index (χ0) is 19.4. The van der Waals surface area contributed by atoms with Crippen molar-refractivity contribution in [1.82, 2.24) is 5.32 Å². The Morgan fingerprint density at radius 2 is 1.89 bits per heavy atom. The molecule has 3 aromatic rings. The van der Waals surface area contributed by atoms with Crippen LogP contribution < -0.4 is 20.4 Å². The van der Waals surface area contributed by atoms with Crippen LogP contribution in [0.5, 0.6) is 11.5 Å². The largest absolute Gasteiger partial charge is 0.497 e. The van der Waals surface area contributed by atoms with Gasteiger partial charge in [0.25, 0.3) is 5.91 Å². The summed E-state index contributed by atoms with van der Waals surface area (Å²) >= 11 is 0. The van der Waals surface area contributed by atoms with Crippen LogP contribution in [0.1, 0.15) is 27.6 Å². The summed E-state index contributed by atoms with van der Waals surface area (Å²) in [7, 11) is 1.50. The number of amides is 1. The average Bonchev–Trinajstić information content (AvgIpc) is 2.67. The van der Waals surface area contributed by atoms with E-state index < -0.39 is 17.5 Å². The van der Waals surface area contributed by atoms with Gasteiger partial charge >= 0.3 is 11.6 Å². The molecule has 7 nitrogen and oxygen atoms in total. The second-order valence-electron chi connectivity index (χ2n) is 5.63. The highest BCUT2D eigenvalue weighted by atomic mass is 16.5. The molecule has 1 amide bonds. The molecule has 0 aliphatic rings. The second kappa shape index (κ2) is 7.74. The molecule has 3 rings (SSSR count). The molecule has 0 unspecified atom stereocenters. The molecule has 0 aliphatic heterocycles. The van der Waals surface area contributed by atoms with E-state index >= 15 is 0 Å². The lowest BCUT2D eigenvalue weighted by Gasteiger charge is -2.07. The molecule has 0 saturated heterocycles. The minimum Gasteiger partial charge on any atom is -0.497 e. The van der Waals surface area contributed by atoms with E-state index in [4.69, 9.17) is 13.9 Å². The third-order valence-electron chi connectivity index (χ3n) is 3.81. The van der Waals surface area contributed by atoms with Gasteiger partial charge in [0.2, 0.25) is 0 Å². The Labute approximate surface area is 154 Å². The monoisotopic (exact) mass is 367 g/mol. The number of carbonyl (C=O) groups excluding carboxylic acids is 2. The third-order valence-corrected chi connectivity index (χ3v) is 3.81. The molecule has 0 spiro atoms. The maximum atomic E-state index is 12.3. The number of fused-ring (bicyclic) bond motifs is 1. The maximum absolute atomic E-state index is 12.3. The Morgan fingerprint density at radius 3 is 2.63 bits per heavy atom. The van der Waals surface area contributed by atoms with Crippen LogP contribution in [0.3, 0.4) is 0 Å². The highest BCUT2D eigenvalue weighted by Crippen LogP contribution is 2.22. The number of hydrogen-bond donors (Lipinski definition) is 1. The van der Waals surface area contributed by atoms with Gasteiger partial charge in [-0.15, -0.1) is 0 Å². The van der Waals surface area contributed by atoms with Gasteiger partial charge in [-0.05, 0) is 43.3 Å². The Kier molecular flexibility index (Phi) is 5.21. The van der Waals surface area contributed by atoms with Crippen LogP contribution in [0.25, 0.3) is 11.0 Å². The van der Waals surface area contributed by atoms with Gasteiger partial charge in [-0.1, -0.05) is 6.07 Å². The molecule has 0 fully saturated rings. The molecule has 1 aromatic heterocycles. The van der Waals surface area contributed by atoms with Crippen LogP contribution in [0.2, 0.25) is 0 Å². The number of esters is 1. The molecule has 1 N–H and O–H groups in total. The Hall–Kier alpha value is -3.61. The zero-order valence-corrected chi connectivity index (χ0v) is 14.8. The number of ether oxygens (including phenoxy) is 2. The van der Waals surface area contributed by atoms with Crippen molar-refractivity contribution in [3.05, 3.63) is 70.1 Å². The molecule has 7 heteroatoms. The van der Waals surface area contributed by atoms with Gasteiger partial charge in [-0.2, -0.15) is 0 Å². The summed E-state index contributed by atoms with van der Waals surface area (Å²) in [5, 5.41) is 3.09. The first kappa shape index (κ1) is 18.2. The molecule has 2 aromatic carbocycles. The van der Waals surface area contributed by atoms with E-state index in [9.17, 15) is 14.4 Å². The van der Waals surface area contributed by atoms with Crippen molar-refractivity contribution >= 4 is 22.8 Å². The van der Waals surface area contributed by atoms with E-state index in [0.717, 1.165) is 0 Å². The van der Waals surface area contributed by atoms with Crippen LogP contribution in [-0.2, 0) is 0 Å². The van der Waals surface area contributed by atoms with Crippen molar-refractivity contribution < 1.29 is 23.5 Å². The predicted molar refractivity (Wildman–Crippen MR) is 98.4 cm³/mol. The van der Waals surface area contributed by atoms with Gasteiger partial charge in [-0.25, -0.2) is 9.59 Å². The Balaban J connectivity index is 1.88. The van der Waals surface area contributed by atoms with Crippen LogP contribution in [0.15, 0.2) is 57.7 Å². The van der Waals surface area contributed by atoms with Crippen molar-refractivity contribution in [3.8, 4) is 11.5 Å². The fourth-order valence-corrected chi connectivity index (χ4v) is 2.49. The van der Waals surface area contributed by atoms with Crippen LogP contribution in [0.4, 0.5) is 0 Å². The van der Waals surface area contributed by atoms with Crippen molar-refractivity contribution in [1.29, 1.82) is 0 Å². The maximum Gasteiger partial charge on any atom is 0.349 e. The molecule has 1 heterocycles. The standard InChI is InChI=1S/C20H17NO6/c1-3-21-18(22)16-10-12-7-8-15(11-17(12)27-20(16)24)26-19(23)13-5-4-6-14(9-13)25-2/h4-11H,3H2,1-2H3,(H,21,22). The van der Waals surface area contributed by atoms with Crippen LogP contribution in [-0.4, -0.2) is 25.5 Å². The van der Waals surface area contributed by atoms with Gasteiger partial charge in [0.15, 0.2) is 0 Å². The number of methoxy groups -OCH3 is 1.